The molecule has 10 heteroatoms. The number of likely N-dealkylation sites (N-methyl/N-ethyl adjacent to an activating group) is 1. The molecule has 0 spiro atoms. The monoisotopic (exact) mass is 463 g/mol. The van der Waals surface area contributed by atoms with E-state index < -0.39 is 5.82 Å². The molecule has 1 N–H and O–H groups in total. The van der Waals surface area contributed by atoms with Gasteiger partial charge in [-0.1, -0.05) is 13.0 Å². The number of hydrogen-bond acceptors (Lipinski definition) is 8. The van der Waals surface area contributed by atoms with E-state index in [1.54, 1.807) is 23.8 Å². The normalized spacial score (nSPS) is 14.5. The van der Waals surface area contributed by atoms with Gasteiger partial charge in [0, 0.05) is 31.7 Å². The number of pyridine rings is 1. The lowest BCUT2D eigenvalue weighted by Gasteiger charge is -2.33. The van der Waals surface area contributed by atoms with E-state index >= 15 is 0 Å². The molecule has 0 atom stereocenters. The number of nitrogens with zero attached hydrogens (tertiary/aromatic N) is 6. The third-order valence-corrected chi connectivity index (χ3v) is 6.50. The molecule has 0 radical (unpaired) electrons. The van der Waals surface area contributed by atoms with Gasteiger partial charge in [-0.15, -0.1) is 11.3 Å². The number of halogens is 1. The number of nitrogens with one attached hydrogen (secondary N) is 1. The van der Waals surface area contributed by atoms with Crippen LogP contribution in [0.5, 0.6) is 0 Å². The molecule has 8 nitrogen and oxygen atoms in total. The lowest BCUT2D eigenvalue weighted by Crippen LogP contribution is -2.48. The van der Waals surface area contributed by atoms with Gasteiger partial charge in [0.05, 0.1) is 33.8 Å². The molecular weight excluding hydrogens is 441 g/mol. The maximum atomic E-state index is 14.5. The number of benzene rings is 1. The zero-order valence-electron chi connectivity index (χ0n) is 18.0. The minimum atomic E-state index is -0.516. The van der Waals surface area contributed by atoms with Gasteiger partial charge in [0.1, 0.15) is 11.4 Å². The molecule has 4 heterocycles. The summed E-state index contributed by atoms with van der Waals surface area (Å²) in [4.78, 5) is 33.9. The van der Waals surface area contributed by atoms with E-state index in [1.165, 1.54) is 11.3 Å². The first-order valence-corrected chi connectivity index (χ1v) is 11.6. The van der Waals surface area contributed by atoms with Gasteiger partial charge >= 0.3 is 0 Å². The molecule has 3 aromatic heterocycles. The lowest BCUT2D eigenvalue weighted by molar-refractivity contribution is 0.0637. The Morgan fingerprint density at radius 1 is 1.09 bits per heavy atom. The zero-order chi connectivity index (χ0) is 22.8. The van der Waals surface area contributed by atoms with Crippen molar-refractivity contribution in [3.8, 4) is 11.3 Å². The summed E-state index contributed by atoms with van der Waals surface area (Å²) in [6.07, 6.45) is 2.69. The van der Waals surface area contributed by atoms with E-state index in [0.29, 0.717) is 30.0 Å². The van der Waals surface area contributed by atoms with Crippen LogP contribution in [-0.4, -0.2) is 68.4 Å². The van der Waals surface area contributed by atoms with E-state index in [0.717, 1.165) is 36.0 Å². The summed E-state index contributed by atoms with van der Waals surface area (Å²) in [6.45, 7) is 6.27. The largest absolute Gasteiger partial charge is 0.335 e. The second kappa shape index (κ2) is 9.16. The molecule has 0 aliphatic carbocycles. The average Bonchev–Trinajstić information content (AvgIpc) is 3.33. The molecule has 0 saturated carbocycles. The Labute approximate surface area is 194 Å². The zero-order valence-corrected chi connectivity index (χ0v) is 18.8. The van der Waals surface area contributed by atoms with Crippen molar-refractivity contribution in [3.05, 3.63) is 59.7 Å². The quantitative estimate of drug-likeness (QED) is 0.482. The number of rotatable bonds is 5. The molecule has 1 fully saturated rings. The van der Waals surface area contributed by atoms with Gasteiger partial charge in [0.25, 0.3) is 5.91 Å². The van der Waals surface area contributed by atoms with Crippen molar-refractivity contribution in [2.45, 2.75) is 6.92 Å². The summed E-state index contributed by atoms with van der Waals surface area (Å²) in [7, 11) is 0. The van der Waals surface area contributed by atoms with Crippen molar-refractivity contribution in [3.63, 3.8) is 0 Å². The summed E-state index contributed by atoms with van der Waals surface area (Å²) in [5, 5.41) is 3.04. The van der Waals surface area contributed by atoms with E-state index in [-0.39, 0.29) is 17.5 Å². The first kappa shape index (κ1) is 21.4. The van der Waals surface area contributed by atoms with Gasteiger partial charge in [-0.05, 0) is 30.8 Å². The lowest BCUT2D eigenvalue weighted by atomic mass is 10.1. The first-order chi connectivity index (χ1) is 16.1. The van der Waals surface area contributed by atoms with E-state index in [9.17, 15) is 9.18 Å². The van der Waals surface area contributed by atoms with Gasteiger partial charge in [-0.3, -0.25) is 4.79 Å². The van der Waals surface area contributed by atoms with Crippen LogP contribution in [0.1, 0.15) is 17.4 Å². The molecule has 1 aliphatic rings. The third kappa shape index (κ3) is 4.53. The van der Waals surface area contributed by atoms with Gasteiger partial charge in [-0.2, -0.15) is 0 Å². The number of hydrogen-bond donors (Lipinski definition) is 1. The number of fused-ring (bicyclic) bond motifs is 1. The smallest absolute Gasteiger partial charge is 0.272 e. The predicted molar refractivity (Wildman–Crippen MR) is 126 cm³/mol. The van der Waals surface area contributed by atoms with Crippen LogP contribution in [0, 0.1) is 5.82 Å². The molecule has 1 aromatic carbocycles. The van der Waals surface area contributed by atoms with Crippen molar-refractivity contribution in [1.82, 2.24) is 29.7 Å². The highest BCUT2D eigenvalue weighted by Crippen LogP contribution is 2.27. The van der Waals surface area contributed by atoms with E-state index in [4.69, 9.17) is 0 Å². The summed E-state index contributed by atoms with van der Waals surface area (Å²) in [5.74, 6) is -0.353. The molecule has 5 rings (SSSR count). The fourth-order valence-corrected chi connectivity index (χ4v) is 4.45. The van der Waals surface area contributed by atoms with Crippen molar-refractivity contribution < 1.29 is 9.18 Å². The fraction of sp³-hybridized carbons (Fsp3) is 0.261. The van der Waals surface area contributed by atoms with Crippen LogP contribution in [0.2, 0.25) is 0 Å². The van der Waals surface area contributed by atoms with Crippen LogP contribution in [-0.2, 0) is 0 Å². The van der Waals surface area contributed by atoms with E-state index in [1.807, 2.05) is 23.1 Å². The maximum Gasteiger partial charge on any atom is 0.272 e. The number of thiazole rings is 1. The van der Waals surface area contributed by atoms with Gasteiger partial charge in [0.2, 0.25) is 5.95 Å². The Kier molecular flexibility index (Phi) is 5.93. The second-order valence-electron chi connectivity index (χ2n) is 7.71. The van der Waals surface area contributed by atoms with Crippen molar-refractivity contribution in [1.29, 1.82) is 0 Å². The minimum absolute atomic E-state index is 0.0740. The third-order valence-electron chi connectivity index (χ3n) is 5.69. The van der Waals surface area contributed by atoms with Gasteiger partial charge < -0.3 is 15.1 Å². The molecule has 1 amide bonds. The highest BCUT2D eigenvalue weighted by atomic mass is 32.1. The Hall–Kier alpha value is -3.50. The number of aromatic nitrogens is 4. The van der Waals surface area contributed by atoms with Crippen LogP contribution in [0.4, 0.5) is 16.0 Å². The van der Waals surface area contributed by atoms with Crippen LogP contribution in [0.3, 0.4) is 0 Å². The molecule has 168 valence electrons. The maximum absolute atomic E-state index is 14.5. The van der Waals surface area contributed by atoms with Crippen LogP contribution in [0.15, 0.2) is 48.2 Å². The summed E-state index contributed by atoms with van der Waals surface area (Å²) in [6, 6.07) is 8.95. The van der Waals surface area contributed by atoms with Gasteiger partial charge in [0.15, 0.2) is 5.82 Å². The fourth-order valence-electron chi connectivity index (χ4n) is 3.79. The van der Waals surface area contributed by atoms with E-state index in [2.05, 4.69) is 37.1 Å². The predicted octanol–water partition coefficient (Wildman–Crippen LogP) is 3.81. The van der Waals surface area contributed by atoms with Crippen LogP contribution < -0.4 is 5.32 Å². The number of anilines is 2. The first-order valence-electron chi connectivity index (χ1n) is 10.7. The van der Waals surface area contributed by atoms with Gasteiger partial charge in [-0.25, -0.2) is 24.3 Å². The highest BCUT2D eigenvalue weighted by Gasteiger charge is 2.22. The minimum Gasteiger partial charge on any atom is -0.335 e. The molecule has 1 saturated heterocycles. The molecule has 4 aromatic rings. The highest BCUT2D eigenvalue weighted by molar-refractivity contribution is 7.16. The molecule has 0 unspecified atom stereocenters. The standard InChI is InChI=1S/C23H22FN7OS/c1-2-30-7-9-31(10-8-30)22(32)18-5-4-16(12-25-18)28-23-26-13-17(24)21(29-23)15-3-6-20-19(11-15)27-14-33-20/h3-6,11-14H,2,7-10H2,1H3,(H,26,28,29). The Morgan fingerprint density at radius 3 is 2.70 bits per heavy atom. The molecule has 1 aliphatic heterocycles. The topological polar surface area (TPSA) is 87.1 Å². The Morgan fingerprint density at radius 2 is 1.94 bits per heavy atom. The molecule has 33 heavy (non-hydrogen) atoms. The number of carbonyl (C=O) groups excluding carboxylic acids is 1. The molecule has 0 bridgehead atoms. The van der Waals surface area contributed by atoms with Crippen molar-refractivity contribution in [2.75, 3.05) is 38.0 Å². The van der Waals surface area contributed by atoms with Crippen LogP contribution >= 0.6 is 11.3 Å². The average molecular weight is 464 g/mol. The summed E-state index contributed by atoms with van der Waals surface area (Å²) in [5.41, 5.74) is 4.36. The summed E-state index contributed by atoms with van der Waals surface area (Å²) >= 11 is 1.53. The van der Waals surface area contributed by atoms with Crippen molar-refractivity contribution in [2.24, 2.45) is 0 Å². The number of amides is 1. The van der Waals surface area contributed by atoms with Crippen molar-refractivity contribution >= 4 is 39.1 Å². The SMILES string of the molecule is CCN1CCN(C(=O)c2ccc(Nc3ncc(F)c(-c4ccc5scnc5c4)n3)cn2)CC1. The number of piperazine rings is 1. The Bertz CT molecular complexity index is 1290. The van der Waals surface area contributed by atoms with Crippen LogP contribution in [0.25, 0.3) is 21.5 Å². The summed E-state index contributed by atoms with van der Waals surface area (Å²) < 4.78 is 15.5. The molecular formula is C23H22FN7OS. The Balaban J connectivity index is 1.30. The second-order valence-corrected chi connectivity index (χ2v) is 8.59. The number of carbonyl (C=O) groups is 1.